The summed E-state index contributed by atoms with van der Waals surface area (Å²) >= 11 is 6.06. The number of ether oxygens (including phenoxy) is 2. The molecule has 1 aromatic heterocycles. The minimum absolute atomic E-state index is 0.00469. The topological polar surface area (TPSA) is 96.5 Å². The van der Waals surface area contributed by atoms with Gasteiger partial charge in [0.15, 0.2) is 0 Å². The number of aromatic nitrogens is 2. The van der Waals surface area contributed by atoms with E-state index < -0.39 is 11.1 Å². The Hall–Kier alpha value is -3.39. The molecule has 0 aliphatic heterocycles. The van der Waals surface area contributed by atoms with Crippen molar-refractivity contribution in [2.75, 3.05) is 6.61 Å². The zero-order chi connectivity index (χ0) is 19.4. The summed E-state index contributed by atoms with van der Waals surface area (Å²) in [5.74, 6) is -0.00469. The summed E-state index contributed by atoms with van der Waals surface area (Å²) in [6.45, 7) is 1.81. The Morgan fingerprint density at radius 3 is 2.70 bits per heavy atom. The van der Waals surface area contributed by atoms with E-state index in [9.17, 15) is 14.9 Å². The largest absolute Gasteiger partial charge is 0.515 e. The van der Waals surface area contributed by atoms with Crippen LogP contribution in [0.5, 0.6) is 5.88 Å². The molecule has 0 saturated heterocycles. The van der Waals surface area contributed by atoms with Crippen molar-refractivity contribution >= 4 is 23.4 Å². The first-order valence-corrected chi connectivity index (χ1v) is 8.31. The molecule has 0 fully saturated rings. The van der Waals surface area contributed by atoms with E-state index in [0.717, 1.165) is 0 Å². The molecule has 0 radical (unpaired) electrons. The van der Waals surface area contributed by atoms with E-state index in [1.54, 1.807) is 43.3 Å². The highest BCUT2D eigenvalue weighted by molar-refractivity contribution is 6.30. The Kier molecular flexibility index (Phi) is 5.37. The average molecular weight is 388 g/mol. The van der Waals surface area contributed by atoms with Gasteiger partial charge >= 0.3 is 6.16 Å². The van der Waals surface area contributed by atoms with E-state index in [0.29, 0.717) is 22.0 Å². The summed E-state index contributed by atoms with van der Waals surface area (Å²) < 4.78 is 11.3. The number of hydrogen-bond acceptors (Lipinski definition) is 6. The van der Waals surface area contributed by atoms with Crippen LogP contribution in [0.25, 0.3) is 16.9 Å². The minimum Gasteiger partial charge on any atom is -0.434 e. The summed E-state index contributed by atoms with van der Waals surface area (Å²) in [5, 5.41) is 15.8. The Morgan fingerprint density at radius 2 is 2.00 bits per heavy atom. The molecule has 8 nitrogen and oxygen atoms in total. The molecule has 0 unspecified atom stereocenters. The molecule has 138 valence electrons. The SMILES string of the molecule is CCOC(=O)Oc1cc(-c2cccc([N+](=O)[O-])c2)n(-c2cccc(Cl)c2)n1. The molecule has 9 heteroatoms. The second-order valence-electron chi connectivity index (χ2n) is 5.35. The Morgan fingerprint density at radius 1 is 1.22 bits per heavy atom. The van der Waals surface area contributed by atoms with Gasteiger partial charge in [-0.15, -0.1) is 5.10 Å². The van der Waals surface area contributed by atoms with Gasteiger partial charge in [0.2, 0.25) is 5.88 Å². The van der Waals surface area contributed by atoms with E-state index in [2.05, 4.69) is 5.10 Å². The van der Waals surface area contributed by atoms with Crippen LogP contribution in [0.4, 0.5) is 10.5 Å². The number of nitro benzene ring substituents is 1. The number of non-ortho nitro benzene ring substituents is 1. The number of carbonyl (C=O) groups excluding carboxylic acids is 1. The molecule has 0 saturated carbocycles. The first-order chi connectivity index (χ1) is 13.0. The van der Waals surface area contributed by atoms with Crippen LogP contribution in [0.1, 0.15) is 6.92 Å². The molecule has 0 N–H and O–H groups in total. The maximum atomic E-state index is 11.6. The van der Waals surface area contributed by atoms with Crippen molar-refractivity contribution in [1.29, 1.82) is 0 Å². The molecule has 3 aromatic rings. The lowest BCUT2D eigenvalue weighted by Crippen LogP contribution is -2.10. The highest BCUT2D eigenvalue weighted by atomic mass is 35.5. The fourth-order valence-electron chi connectivity index (χ4n) is 2.43. The number of benzene rings is 2. The summed E-state index contributed by atoms with van der Waals surface area (Å²) in [7, 11) is 0. The number of nitro groups is 1. The molecular formula is C18H14ClN3O5. The monoisotopic (exact) mass is 387 g/mol. The average Bonchev–Trinajstić information content (AvgIpc) is 3.06. The summed E-state index contributed by atoms with van der Waals surface area (Å²) in [5.41, 5.74) is 1.54. The van der Waals surface area contributed by atoms with Gasteiger partial charge in [-0.1, -0.05) is 29.8 Å². The standard InChI is InChI=1S/C18H14ClN3O5/c1-2-26-18(23)27-17-11-16(12-5-3-8-15(9-12)22(24)25)21(20-17)14-7-4-6-13(19)10-14/h3-11H,2H2,1H3. The van der Waals surface area contributed by atoms with Crippen LogP contribution < -0.4 is 4.74 Å². The number of halogens is 1. The summed E-state index contributed by atoms with van der Waals surface area (Å²) in [6, 6.07) is 14.4. The fourth-order valence-corrected chi connectivity index (χ4v) is 2.62. The molecule has 0 spiro atoms. The molecule has 27 heavy (non-hydrogen) atoms. The van der Waals surface area contributed by atoms with Crippen molar-refractivity contribution in [3.8, 4) is 22.8 Å². The van der Waals surface area contributed by atoms with Crippen LogP contribution in [0.15, 0.2) is 54.6 Å². The molecule has 0 aliphatic rings. The van der Waals surface area contributed by atoms with Crippen molar-refractivity contribution < 1.29 is 19.2 Å². The molecule has 0 aliphatic carbocycles. The number of carbonyl (C=O) groups is 1. The molecule has 1 heterocycles. The minimum atomic E-state index is -0.890. The van der Waals surface area contributed by atoms with Crippen LogP contribution in [0, 0.1) is 10.1 Å². The first kappa shape index (κ1) is 18.4. The predicted octanol–water partition coefficient (Wildman–Crippen LogP) is 4.64. The van der Waals surface area contributed by atoms with Gasteiger partial charge in [0.05, 0.1) is 22.9 Å². The third-order valence-corrected chi connectivity index (χ3v) is 3.78. The third kappa shape index (κ3) is 4.24. The first-order valence-electron chi connectivity index (χ1n) is 7.93. The fraction of sp³-hybridized carbons (Fsp3) is 0.111. The van der Waals surface area contributed by atoms with Crippen molar-refractivity contribution in [1.82, 2.24) is 9.78 Å². The second kappa shape index (κ2) is 7.88. The van der Waals surface area contributed by atoms with Crippen LogP contribution in [-0.2, 0) is 4.74 Å². The van der Waals surface area contributed by atoms with Gasteiger partial charge in [-0.05, 0) is 25.1 Å². The van der Waals surface area contributed by atoms with Crippen molar-refractivity contribution in [2.24, 2.45) is 0 Å². The van der Waals surface area contributed by atoms with E-state index in [1.807, 2.05) is 0 Å². The molecule has 2 aromatic carbocycles. The zero-order valence-electron chi connectivity index (χ0n) is 14.2. The van der Waals surface area contributed by atoms with Crippen LogP contribution >= 0.6 is 11.6 Å². The van der Waals surface area contributed by atoms with Gasteiger partial charge in [0.1, 0.15) is 0 Å². The third-order valence-electron chi connectivity index (χ3n) is 3.54. The number of rotatable bonds is 5. The smallest absolute Gasteiger partial charge is 0.434 e. The molecule has 0 atom stereocenters. The number of hydrogen-bond donors (Lipinski definition) is 0. The Labute approximate surface area is 159 Å². The normalized spacial score (nSPS) is 10.4. The van der Waals surface area contributed by atoms with Crippen LogP contribution in [0.2, 0.25) is 5.02 Å². The Balaban J connectivity index is 2.10. The maximum absolute atomic E-state index is 11.6. The van der Waals surface area contributed by atoms with Crippen molar-refractivity contribution in [3.63, 3.8) is 0 Å². The lowest BCUT2D eigenvalue weighted by molar-refractivity contribution is -0.384. The lowest BCUT2D eigenvalue weighted by atomic mass is 10.1. The van der Waals surface area contributed by atoms with E-state index >= 15 is 0 Å². The van der Waals surface area contributed by atoms with Crippen LogP contribution in [0.3, 0.4) is 0 Å². The van der Waals surface area contributed by atoms with Gasteiger partial charge < -0.3 is 9.47 Å². The van der Waals surface area contributed by atoms with E-state index in [4.69, 9.17) is 21.1 Å². The lowest BCUT2D eigenvalue weighted by Gasteiger charge is -2.07. The summed E-state index contributed by atoms with van der Waals surface area (Å²) in [4.78, 5) is 22.2. The number of nitrogens with zero attached hydrogens (tertiary/aromatic N) is 3. The highest BCUT2D eigenvalue weighted by Gasteiger charge is 2.17. The van der Waals surface area contributed by atoms with Crippen molar-refractivity contribution in [3.05, 3.63) is 69.7 Å². The van der Waals surface area contributed by atoms with Gasteiger partial charge in [-0.2, -0.15) is 0 Å². The Bertz CT molecular complexity index is 1000. The van der Waals surface area contributed by atoms with Gasteiger partial charge in [0, 0.05) is 28.8 Å². The molecule has 3 rings (SSSR count). The second-order valence-corrected chi connectivity index (χ2v) is 5.79. The van der Waals surface area contributed by atoms with Gasteiger partial charge in [-0.25, -0.2) is 9.48 Å². The van der Waals surface area contributed by atoms with Gasteiger partial charge in [0.25, 0.3) is 5.69 Å². The highest BCUT2D eigenvalue weighted by Crippen LogP contribution is 2.30. The van der Waals surface area contributed by atoms with Gasteiger partial charge in [-0.3, -0.25) is 10.1 Å². The van der Waals surface area contributed by atoms with E-state index in [1.165, 1.54) is 22.9 Å². The van der Waals surface area contributed by atoms with Crippen molar-refractivity contribution in [2.45, 2.75) is 6.92 Å². The van der Waals surface area contributed by atoms with E-state index in [-0.39, 0.29) is 18.2 Å². The molecule has 0 bridgehead atoms. The molecular weight excluding hydrogens is 374 g/mol. The quantitative estimate of drug-likeness (QED) is 0.359. The van der Waals surface area contributed by atoms with Crippen LogP contribution in [-0.4, -0.2) is 27.5 Å². The molecule has 0 amide bonds. The zero-order valence-corrected chi connectivity index (χ0v) is 14.9. The maximum Gasteiger partial charge on any atom is 0.515 e. The summed E-state index contributed by atoms with van der Waals surface area (Å²) in [6.07, 6.45) is -0.890. The predicted molar refractivity (Wildman–Crippen MR) is 98.3 cm³/mol.